The molecule has 0 bridgehead atoms. The lowest BCUT2D eigenvalue weighted by Crippen LogP contribution is -2.02. The predicted octanol–water partition coefficient (Wildman–Crippen LogP) is 33.0. The zero-order valence-corrected chi connectivity index (χ0v) is 80.9. The first-order chi connectivity index (χ1) is 74.3. The molecule has 0 radical (unpaired) electrons. The van der Waals surface area contributed by atoms with Crippen molar-refractivity contribution in [1.29, 1.82) is 0 Å². The van der Waals surface area contributed by atoms with Crippen molar-refractivity contribution in [2.24, 2.45) is 0 Å². The third-order valence-corrected chi connectivity index (χ3v) is 27.4. The minimum atomic E-state index is 0.553. The van der Waals surface area contributed by atoms with Crippen LogP contribution in [0, 0.1) is 0 Å². The van der Waals surface area contributed by atoms with Crippen molar-refractivity contribution < 1.29 is 0 Å². The van der Waals surface area contributed by atoms with E-state index in [0.29, 0.717) is 69.9 Å². The van der Waals surface area contributed by atoms with Gasteiger partial charge in [0.1, 0.15) is 0 Å². The molecule has 0 saturated heterocycles. The first kappa shape index (κ1) is 89.5. The number of rotatable bonds is 17. The van der Waals surface area contributed by atoms with Crippen LogP contribution in [0.4, 0.5) is 0 Å². The second-order valence-electron chi connectivity index (χ2n) is 36.9. The summed E-state index contributed by atoms with van der Waals surface area (Å²) < 4.78 is 4.68. The number of pyridine rings is 1. The molecule has 7 aromatic heterocycles. The van der Waals surface area contributed by atoms with Gasteiger partial charge in [0.25, 0.3) is 0 Å². The van der Waals surface area contributed by atoms with E-state index in [0.717, 1.165) is 139 Å². The number of para-hydroxylation sites is 3. The van der Waals surface area contributed by atoms with E-state index in [2.05, 4.69) is 324 Å². The Bertz CT molecular complexity index is 9580. The SMILES string of the molecule is c1ccc(-c2nc(-c3cccc(-n4c5ccccc5c5ccccc54)c3)nc(-c3cccc(-n4c5ccccc5c5c6ccccc6ccc54)c3)n2)cc1.c1ccc(-c2nc(-c3ccccc3)nc(-c3cc(-c4ccc5ccccc5c4)cc(-c4nc(-c5ccccc5)nc(-c5ccccc5)n4)c3)n2)cc1.c1ccc(-c2nc(-c3ccccc3)nc(-c3cc(-c4cccnc4)cc(-c4cc5ccccc5c5ccccc45)c3)n2)cc1. The number of hydrogen-bond donors (Lipinski definition) is 0. The molecule has 0 aliphatic rings. The summed E-state index contributed by atoms with van der Waals surface area (Å²) in [6.45, 7) is 0. The first-order valence-corrected chi connectivity index (χ1v) is 50.0. The molecular weight excluding hydrogens is 1830 g/mol. The Hall–Kier alpha value is -20.5. The van der Waals surface area contributed by atoms with Crippen LogP contribution in [-0.2, 0) is 0 Å². The highest BCUT2D eigenvalue weighted by molar-refractivity contribution is 6.22. The fraction of sp³-hybridized carbons (Fsp3) is 0. The Kier molecular flexibility index (Phi) is 23.7. The van der Waals surface area contributed by atoms with Crippen molar-refractivity contribution >= 4 is 86.7 Å². The molecule has 15 heteroatoms. The van der Waals surface area contributed by atoms with E-state index in [9.17, 15) is 0 Å². The standard InChI is InChI=1S/C49H31N5.C46H30N6.C40H26N4/c1-2-15-33(16-3-1)47-50-48(34-17-12-19-36(30-34)53-42-25-9-6-22-39(42)40-23-7-10-26-43(40)53)52-49(51-47)35-18-13-20-37(31-35)54-44-27-11-8-24-41(44)46-38-21-5-4-14-32(38)28-29-45(46)54;1-5-16-32(17-6-1)41-47-42(33-18-7-2-8-19-33)50-45(49-41)39-28-38(37-26-25-31-15-13-14-24-36(31)27-37)29-40(30-39)46-51-43(34-20-9-3-10-21-34)48-44(52-46)35-22-11-4-12-23-35;1-3-12-27(13-4-1)38-42-39(28-14-5-2-6-15-28)44-40(43-38)33-23-31(30-17-11-21-41-26-30)22-32(24-33)37-25-29-16-7-8-18-34(29)35-19-9-10-20-36(35)37/h1-31H;1-30H;1-26H. The Morgan fingerprint density at radius 1 is 0.133 bits per heavy atom. The third-order valence-electron chi connectivity index (χ3n) is 27.4. The van der Waals surface area contributed by atoms with Gasteiger partial charge < -0.3 is 9.13 Å². The molecule has 0 unspecified atom stereocenters. The van der Waals surface area contributed by atoms with Gasteiger partial charge in [-0.3, -0.25) is 4.98 Å². The Labute approximate surface area is 864 Å². The fourth-order valence-electron chi connectivity index (χ4n) is 20.3. The third kappa shape index (κ3) is 17.8. The summed E-state index contributed by atoms with van der Waals surface area (Å²) in [5.74, 6) is 7.26. The Morgan fingerprint density at radius 2 is 0.427 bits per heavy atom. The van der Waals surface area contributed by atoms with Crippen LogP contribution in [0.25, 0.3) is 268 Å². The van der Waals surface area contributed by atoms with Crippen LogP contribution in [0.15, 0.2) is 528 Å². The lowest BCUT2D eigenvalue weighted by molar-refractivity contribution is 1.07. The maximum atomic E-state index is 5.19. The van der Waals surface area contributed by atoms with E-state index in [1.807, 2.05) is 212 Å². The van der Waals surface area contributed by atoms with Gasteiger partial charge in [0.2, 0.25) is 0 Å². The maximum Gasteiger partial charge on any atom is 0.164 e. The smallest absolute Gasteiger partial charge is 0.164 e. The van der Waals surface area contributed by atoms with Crippen molar-refractivity contribution in [3.05, 3.63) is 528 Å². The van der Waals surface area contributed by atoms with Crippen LogP contribution in [0.3, 0.4) is 0 Å². The molecule has 21 aromatic carbocycles. The highest BCUT2D eigenvalue weighted by atomic mass is 15.1. The van der Waals surface area contributed by atoms with Crippen molar-refractivity contribution in [3.63, 3.8) is 0 Å². The molecule has 15 nitrogen and oxygen atoms in total. The van der Waals surface area contributed by atoms with Gasteiger partial charge in [-0.05, 0) is 174 Å². The highest BCUT2D eigenvalue weighted by Crippen LogP contribution is 2.44. The average Bonchev–Trinajstić information content (AvgIpc) is 1.69. The predicted molar refractivity (Wildman–Crippen MR) is 611 cm³/mol. The van der Waals surface area contributed by atoms with Crippen LogP contribution in [-0.4, -0.2) is 73.9 Å². The van der Waals surface area contributed by atoms with Crippen molar-refractivity contribution in [1.82, 2.24) is 73.9 Å². The van der Waals surface area contributed by atoms with Gasteiger partial charge in [0.05, 0.1) is 22.1 Å². The summed E-state index contributed by atoms with van der Waals surface area (Å²) in [5, 5.41) is 14.6. The van der Waals surface area contributed by atoms with E-state index < -0.39 is 0 Å². The average molecular weight is 1920 g/mol. The molecule has 0 spiro atoms. The largest absolute Gasteiger partial charge is 0.309 e. The molecule has 28 rings (SSSR count). The zero-order valence-electron chi connectivity index (χ0n) is 80.9. The quantitative estimate of drug-likeness (QED) is 0.0788. The van der Waals surface area contributed by atoms with Crippen LogP contribution in [0.1, 0.15) is 0 Å². The summed E-state index contributed by atoms with van der Waals surface area (Å²) in [6, 6.07) is 178. The lowest BCUT2D eigenvalue weighted by atomic mass is 9.90. The van der Waals surface area contributed by atoms with Crippen molar-refractivity contribution in [3.8, 4) is 181 Å². The molecule has 0 atom stereocenters. The molecule has 7 heterocycles. The van der Waals surface area contributed by atoms with Gasteiger partial charge >= 0.3 is 0 Å². The number of nitrogens with zero attached hydrogens (tertiary/aromatic N) is 15. The molecule has 702 valence electrons. The molecule has 0 N–H and O–H groups in total. The summed E-state index contributed by atoms with van der Waals surface area (Å²) in [6.07, 6.45) is 3.70. The lowest BCUT2D eigenvalue weighted by Gasteiger charge is -2.15. The molecule has 0 aliphatic heterocycles. The maximum absolute atomic E-state index is 5.19. The highest BCUT2D eigenvalue weighted by Gasteiger charge is 2.25. The summed E-state index contributed by atoms with van der Waals surface area (Å²) in [4.78, 5) is 65.0. The second kappa shape index (κ2) is 39.6. The molecule has 0 saturated carbocycles. The molecule has 0 fully saturated rings. The van der Waals surface area contributed by atoms with Gasteiger partial charge in [0, 0.05) is 118 Å². The minimum absolute atomic E-state index is 0.553. The van der Waals surface area contributed by atoms with Gasteiger partial charge in [-0.2, -0.15) is 0 Å². The summed E-state index contributed by atoms with van der Waals surface area (Å²) in [7, 11) is 0. The van der Waals surface area contributed by atoms with E-state index in [-0.39, 0.29) is 0 Å². The zero-order chi connectivity index (χ0) is 99.6. The summed E-state index contributed by atoms with van der Waals surface area (Å²) in [5.41, 5.74) is 23.9. The van der Waals surface area contributed by atoms with E-state index in [1.54, 1.807) is 6.20 Å². The van der Waals surface area contributed by atoms with Gasteiger partial charge in [0.15, 0.2) is 69.9 Å². The number of aromatic nitrogens is 15. The summed E-state index contributed by atoms with van der Waals surface area (Å²) >= 11 is 0. The number of fused-ring (bicyclic) bond motifs is 12. The Balaban J connectivity index is 0.000000114. The second-order valence-corrected chi connectivity index (χ2v) is 36.9. The van der Waals surface area contributed by atoms with Gasteiger partial charge in [-0.25, -0.2) is 59.8 Å². The monoisotopic (exact) mass is 1920 g/mol. The van der Waals surface area contributed by atoms with Crippen molar-refractivity contribution in [2.75, 3.05) is 0 Å². The molecule has 28 aromatic rings. The van der Waals surface area contributed by atoms with E-state index >= 15 is 0 Å². The van der Waals surface area contributed by atoms with E-state index in [1.165, 1.54) is 59.2 Å². The number of hydrogen-bond acceptors (Lipinski definition) is 13. The fourth-order valence-corrected chi connectivity index (χ4v) is 20.3. The number of benzene rings is 21. The first-order valence-electron chi connectivity index (χ1n) is 50.0. The topological polar surface area (TPSA) is 177 Å². The van der Waals surface area contributed by atoms with Crippen molar-refractivity contribution in [2.45, 2.75) is 0 Å². The normalized spacial score (nSPS) is 11.3. The van der Waals surface area contributed by atoms with Gasteiger partial charge in [-0.15, -0.1) is 0 Å². The Morgan fingerprint density at radius 3 is 0.853 bits per heavy atom. The molecule has 0 amide bonds. The van der Waals surface area contributed by atoms with Crippen LogP contribution < -0.4 is 0 Å². The molecule has 150 heavy (non-hydrogen) atoms. The minimum Gasteiger partial charge on any atom is -0.309 e. The van der Waals surface area contributed by atoms with Crippen LogP contribution in [0.5, 0.6) is 0 Å². The van der Waals surface area contributed by atoms with Crippen LogP contribution >= 0.6 is 0 Å². The van der Waals surface area contributed by atoms with Crippen LogP contribution in [0.2, 0.25) is 0 Å². The molecular formula is C135H87N15. The van der Waals surface area contributed by atoms with Gasteiger partial charge in [-0.1, -0.05) is 413 Å². The van der Waals surface area contributed by atoms with E-state index in [4.69, 9.17) is 59.8 Å². The molecule has 0 aliphatic carbocycles.